The van der Waals surface area contributed by atoms with E-state index in [2.05, 4.69) is 5.10 Å². The highest BCUT2D eigenvalue weighted by molar-refractivity contribution is 7.92. The minimum atomic E-state index is -2.92. The summed E-state index contributed by atoms with van der Waals surface area (Å²) < 4.78 is 23.6. The average molecular weight is 244 g/mol. The van der Waals surface area contributed by atoms with E-state index in [9.17, 15) is 13.2 Å². The van der Waals surface area contributed by atoms with E-state index in [1.54, 1.807) is 0 Å². The molecule has 6 nitrogen and oxygen atoms in total. The molecule has 0 unspecified atom stereocenters. The summed E-state index contributed by atoms with van der Waals surface area (Å²) in [7, 11) is -2.92. The van der Waals surface area contributed by atoms with Gasteiger partial charge in [-0.25, -0.2) is 13.2 Å². The van der Waals surface area contributed by atoms with Gasteiger partial charge in [-0.05, 0) is 12.5 Å². The van der Waals surface area contributed by atoms with E-state index in [4.69, 9.17) is 5.11 Å². The van der Waals surface area contributed by atoms with Gasteiger partial charge in [0, 0.05) is 5.69 Å². The van der Waals surface area contributed by atoms with Gasteiger partial charge in [-0.2, -0.15) is 5.10 Å². The van der Waals surface area contributed by atoms with Crippen LogP contribution in [0.1, 0.15) is 29.1 Å². The molecule has 1 aromatic rings. The highest BCUT2D eigenvalue weighted by Crippen LogP contribution is 2.25. The third-order valence-electron chi connectivity index (χ3n) is 2.63. The Morgan fingerprint density at radius 2 is 2.25 bits per heavy atom. The number of carboxylic acid groups (broad SMARTS) is 1. The van der Waals surface area contributed by atoms with Crippen molar-refractivity contribution in [2.24, 2.45) is 0 Å². The van der Waals surface area contributed by atoms with Gasteiger partial charge < -0.3 is 5.11 Å². The first-order valence-electron chi connectivity index (χ1n) is 4.95. The maximum atomic E-state index is 11.1. The van der Waals surface area contributed by atoms with E-state index < -0.39 is 15.8 Å². The lowest BCUT2D eigenvalue weighted by molar-refractivity contribution is 0.0689. The molecule has 0 atom stereocenters. The second-order valence-corrected chi connectivity index (χ2v) is 6.01. The Hall–Kier alpha value is -1.37. The molecule has 1 aliphatic heterocycles. The molecular formula is C9H12N2O4S. The first kappa shape index (κ1) is 11.1. The topological polar surface area (TPSA) is 89.3 Å². The maximum Gasteiger partial charge on any atom is 0.356 e. The number of nitrogens with zero attached hydrogens (tertiary/aromatic N) is 2. The number of aromatic carboxylic acids is 1. The van der Waals surface area contributed by atoms with E-state index in [0.717, 1.165) is 5.69 Å². The molecule has 1 fully saturated rings. The maximum absolute atomic E-state index is 11.1. The zero-order valence-electron chi connectivity index (χ0n) is 8.75. The Morgan fingerprint density at radius 3 is 2.69 bits per heavy atom. The first-order chi connectivity index (χ1) is 7.43. The number of carboxylic acids is 1. The number of hydrogen-bond donors (Lipinski definition) is 1. The van der Waals surface area contributed by atoms with Gasteiger partial charge in [-0.3, -0.25) is 4.68 Å². The Morgan fingerprint density at radius 1 is 1.62 bits per heavy atom. The molecule has 88 valence electrons. The normalized spacial score (nSPS) is 19.3. The van der Waals surface area contributed by atoms with E-state index in [-0.39, 0.29) is 23.2 Å². The van der Waals surface area contributed by atoms with E-state index in [1.165, 1.54) is 10.7 Å². The molecule has 1 saturated heterocycles. The molecule has 7 heteroatoms. The van der Waals surface area contributed by atoms with Gasteiger partial charge in [0.25, 0.3) is 0 Å². The Labute approximate surface area is 92.8 Å². The van der Waals surface area contributed by atoms with Crippen LogP contribution in [0.15, 0.2) is 6.07 Å². The summed E-state index contributed by atoms with van der Waals surface area (Å²) in [6, 6.07) is 1.29. The van der Waals surface area contributed by atoms with Crippen LogP contribution in [0, 0.1) is 0 Å². The summed E-state index contributed by atoms with van der Waals surface area (Å²) in [4.78, 5) is 10.7. The van der Waals surface area contributed by atoms with Crippen LogP contribution in [0.3, 0.4) is 0 Å². The van der Waals surface area contributed by atoms with Crippen molar-refractivity contribution in [3.8, 4) is 0 Å². The van der Waals surface area contributed by atoms with Crippen molar-refractivity contribution < 1.29 is 18.3 Å². The fraction of sp³-hybridized carbons (Fsp3) is 0.556. The molecule has 0 aromatic carbocycles. The minimum absolute atomic E-state index is 0.0267. The number of sulfone groups is 1. The third kappa shape index (κ3) is 1.82. The van der Waals surface area contributed by atoms with Crippen molar-refractivity contribution in [3.63, 3.8) is 0 Å². The summed E-state index contributed by atoms with van der Waals surface area (Å²) >= 11 is 0. The zero-order chi connectivity index (χ0) is 11.9. The minimum Gasteiger partial charge on any atom is -0.476 e. The van der Waals surface area contributed by atoms with Gasteiger partial charge in [0.2, 0.25) is 0 Å². The SMILES string of the molecule is CCc1cc(C(=O)O)nn1C1CS(=O)(=O)C1. The summed E-state index contributed by atoms with van der Waals surface area (Å²) in [5.74, 6) is -0.975. The lowest BCUT2D eigenvalue weighted by atomic mass is 10.3. The number of carbonyl (C=O) groups is 1. The zero-order valence-corrected chi connectivity index (χ0v) is 9.57. The van der Waals surface area contributed by atoms with Crippen molar-refractivity contribution in [1.29, 1.82) is 0 Å². The molecule has 0 spiro atoms. The van der Waals surface area contributed by atoms with Crippen LogP contribution in [-0.4, -0.2) is 40.8 Å². The predicted molar refractivity (Wildman–Crippen MR) is 56.3 cm³/mol. The molecule has 0 bridgehead atoms. The van der Waals surface area contributed by atoms with Crippen LogP contribution in [0.5, 0.6) is 0 Å². The Balaban J connectivity index is 2.30. The molecule has 0 aliphatic carbocycles. The van der Waals surface area contributed by atoms with Crippen molar-refractivity contribution in [3.05, 3.63) is 17.5 Å². The molecule has 0 radical (unpaired) electrons. The Kier molecular flexibility index (Phi) is 2.49. The monoisotopic (exact) mass is 244 g/mol. The number of hydrogen-bond acceptors (Lipinski definition) is 4. The fourth-order valence-electron chi connectivity index (χ4n) is 1.80. The average Bonchev–Trinajstić information content (AvgIpc) is 2.57. The largest absolute Gasteiger partial charge is 0.476 e. The van der Waals surface area contributed by atoms with E-state index in [1.807, 2.05) is 6.92 Å². The van der Waals surface area contributed by atoms with Crippen molar-refractivity contribution in [2.45, 2.75) is 19.4 Å². The van der Waals surface area contributed by atoms with E-state index >= 15 is 0 Å². The molecule has 0 amide bonds. The highest BCUT2D eigenvalue weighted by atomic mass is 32.2. The van der Waals surface area contributed by atoms with Crippen LogP contribution in [0.2, 0.25) is 0 Å². The summed E-state index contributed by atoms with van der Waals surface area (Å²) in [5.41, 5.74) is 0.735. The molecule has 1 aromatic heterocycles. The summed E-state index contributed by atoms with van der Waals surface area (Å²) in [6.07, 6.45) is 0.636. The summed E-state index contributed by atoms with van der Waals surface area (Å²) in [6.45, 7) is 1.88. The van der Waals surface area contributed by atoms with Gasteiger partial charge in [-0.1, -0.05) is 6.92 Å². The van der Waals surface area contributed by atoms with E-state index in [0.29, 0.717) is 6.42 Å². The van der Waals surface area contributed by atoms with Gasteiger partial charge in [0.1, 0.15) is 0 Å². The number of aromatic nitrogens is 2. The second-order valence-electron chi connectivity index (χ2n) is 3.85. The first-order valence-corrected chi connectivity index (χ1v) is 6.77. The molecule has 16 heavy (non-hydrogen) atoms. The molecular weight excluding hydrogens is 232 g/mol. The molecule has 1 aliphatic rings. The van der Waals surface area contributed by atoms with Crippen molar-refractivity contribution >= 4 is 15.8 Å². The van der Waals surface area contributed by atoms with Crippen molar-refractivity contribution in [1.82, 2.24) is 9.78 Å². The summed E-state index contributed by atoms with van der Waals surface area (Å²) in [5, 5.41) is 12.7. The van der Waals surface area contributed by atoms with Crippen LogP contribution < -0.4 is 0 Å². The predicted octanol–water partition coefficient (Wildman–Crippen LogP) is 0.113. The number of aryl methyl sites for hydroxylation is 1. The lowest BCUT2D eigenvalue weighted by Crippen LogP contribution is -2.39. The molecule has 2 rings (SSSR count). The standard InChI is InChI=1S/C9H12N2O4S/c1-2-6-3-8(9(12)13)10-11(6)7-4-16(14,15)5-7/h3,7H,2,4-5H2,1H3,(H,12,13). The molecule has 1 N–H and O–H groups in total. The van der Waals surface area contributed by atoms with Gasteiger partial charge >= 0.3 is 5.97 Å². The second kappa shape index (κ2) is 3.58. The Bertz CT molecular complexity index is 520. The highest BCUT2D eigenvalue weighted by Gasteiger charge is 2.36. The van der Waals surface area contributed by atoms with Crippen molar-refractivity contribution in [2.75, 3.05) is 11.5 Å². The van der Waals surface area contributed by atoms with Crippen LogP contribution in [-0.2, 0) is 16.3 Å². The molecule has 2 heterocycles. The third-order valence-corrected chi connectivity index (χ3v) is 4.42. The fourth-order valence-corrected chi connectivity index (χ4v) is 3.15. The van der Waals surface area contributed by atoms with Crippen LogP contribution >= 0.6 is 0 Å². The molecule has 0 saturated carbocycles. The smallest absolute Gasteiger partial charge is 0.356 e. The van der Waals surface area contributed by atoms with Crippen LogP contribution in [0.25, 0.3) is 0 Å². The van der Waals surface area contributed by atoms with Crippen LogP contribution in [0.4, 0.5) is 0 Å². The van der Waals surface area contributed by atoms with Gasteiger partial charge in [0.15, 0.2) is 15.5 Å². The lowest BCUT2D eigenvalue weighted by Gasteiger charge is -2.27. The number of rotatable bonds is 3. The quantitative estimate of drug-likeness (QED) is 0.815. The van der Waals surface area contributed by atoms with Gasteiger partial charge in [-0.15, -0.1) is 0 Å². The van der Waals surface area contributed by atoms with Gasteiger partial charge in [0.05, 0.1) is 17.5 Å².